The van der Waals surface area contributed by atoms with Gasteiger partial charge >= 0.3 is 5.97 Å². The zero-order valence-electron chi connectivity index (χ0n) is 26.4. The molecule has 0 radical (unpaired) electrons. The first-order valence-electron chi connectivity index (χ1n) is 15.3. The fourth-order valence-electron chi connectivity index (χ4n) is 4.11. The van der Waals surface area contributed by atoms with E-state index in [1.807, 2.05) is 6.92 Å². The molecule has 0 aliphatic heterocycles. The maximum absolute atomic E-state index is 12.1. The van der Waals surface area contributed by atoms with E-state index in [0.717, 1.165) is 44.5 Å². The predicted molar refractivity (Wildman–Crippen MR) is 169 cm³/mol. The van der Waals surface area contributed by atoms with E-state index in [9.17, 15) is 14.7 Å². The van der Waals surface area contributed by atoms with Gasteiger partial charge in [-0.05, 0) is 55.8 Å². The summed E-state index contributed by atoms with van der Waals surface area (Å²) in [5, 5.41) is 12.4. The second-order valence-corrected chi connectivity index (χ2v) is 10.1. The highest BCUT2D eigenvalue weighted by Gasteiger charge is 2.15. The van der Waals surface area contributed by atoms with E-state index in [1.165, 1.54) is 32.8 Å². The van der Waals surface area contributed by atoms with Crippen molar-refractivity contribution in [2.45, 2.75) is 85.6 Å². The lowest BCUT2D eigenvalue weighted by atomic mass is 10.1. The smallest absolute Gasteiger partial charge is 0.341 e. The van der Waals surface area contributed by atoms with Crippen LogP contribution in [0.3, 0.4) is 0 Å². The third-order valence-corrected chi connectivity index (χ3v) is 6.71. The van der Waals surface area contributed by atoms with Crippen LogP contribution in [-0.2, 0) is 16.1 Å². The number of aromatic hydroxyl groups is 1. The number of nitrogens with one attached hydrogen (secondary N) is 1. The Morgan fingerprint density at radius 2 is 1.60 bits per heavy atom. The minimum atomic E-state index is -0.367. The Balaban J connectivity index is 0.000000420. The number of carbonyl (C=O) groups is 2. The maximum Gasteiger partial charge on any atom is 0.341 e. The van der Waals surface area contributed by atoms with Gasteiger partial charge in [0.05, 0.1) is 13.7 Å². The molecule has 0 unspecified atom stereocenters. The van der Waals surface area contributed by atoms with Gasteiger partial charge in [0.15, 0.2) is 11.5 Å². The number of amides is 1. The van der Waals surface area contributed by atoms with Crippen LogP contribution in [0.5, 0.6) is 17.2 Å². The van der Waals surface area contributed by atoms with Crippen LogP contribution in [0.25, 0.3) is 0 Å². The lowest BCUT2D eigenvalue weighted by molar-refractivity contribution is -0.121. The van der Waals surface area contributed by atoms with E-state index < -0.39 is 0 Å². The molecule has 2 aromatic rings. The number of unbranched alkanes of at least 4 members (excludes halogenated alkanes) is 5. The summed E-state index contributed by atoms with van der Waals surface area (Å²) in [7, 11) is 1.51. The fraction of sp³-hybridized carbons (Fsp3) is 0.576. The van der Waals surface area contributed by atoms with E-state index in [0.29, 0.717) is 48.9 Å². The van der Waals surface area contributed by atoms with Crippen LogP contribution < -0.4 is 20.5 Å². The summed E-state index contributed by atoms with van der Waals surface area (Å²) in [4.78, 5) is 26.1. The Morgan fingerprint density at radius 3 is 2.26 bits per heavy atom. The Labute approximate surface area is 252 Å². The minimum Gasteiger partial charge on any atom is -0.504 e. The van der Waals surface area contributed by atoms with Crippen molar-refractivity contribution >= 4 is 17.6 Å². The van der Waals surface area contributed by atoms with E-state index in [1.54, 1.807) is 36.4 Å². The summed E-state index contributed by atoms with van der Waals surface area (Å²) in [5.41, 5.74) is 7.65. The SMILES string of the molecule is CCCCCCCCC(=O)NCc1ccc(O)c(OC)c1.CCCOc1cc(N)ccc1C(=O)OCCN(CC)CC. The minimum absolute atomic E-state index is 0.0810. The number of esters is 1. The first kappa shape index (κ1) is 36.6. The number of nitrogens with two attached hydrogens (primary N) is 1. The van der Waals surface area contributed by atoms with Crippen molar-refractivity contribution in [3.63, 3.8) is 0 Å². The average molecular weight is 588 g/mol. The zero-order valence-corrected chi connectivity index (χ0v) is 26.4. The van der Waals surface area contributed by atoms with E-state index in [-0.39, 0.29) is 17.6 Å². The summed E-state index contributed by atoms with van der Waals surface area (Å²) in [6.07, 6.45) is 8.55. The van der Waals surface area contributed by atoms with Gasteiger partial charge in [0.1, 0.15) is 17.9 Å². The van der Waals surface area contributed by atoms with Crippen molar-refractivity contribution in [2.75, 3.05) is 45.7 Å². The molecule has 0 atom stereocenters. The molecule has 0 fully saturated rings. The van der Waals surface area contributed by atoms with Gasteiger partial charge in [-0.3, -0.25) is 4.79 Å². The number of phenolic OH excluding ortho intramolecular Hbond substituents is 1. The standard InChI is InChI=1S/C17H27NO3.C16H26N2O3/c1-3-4-5-6-7-8-9-17(20)18-13-14-10-11-15(19)16(12-14)21-2;1-4-10-20-15-12-13(17)7-8-14(15)16(19)21-11-9-18(5-2)6-3/h10-12,19H,3-9,13H2,1-2H3,(H,18,20);7-8,12H,4-6,9-11,17H2,1-3H3. The molecule has 1 amide bonds. The van der Waals surface area contributed by atoms with Gasteiger partial charge in [-0.25, -0.2) is 4.79 Å². The predicted octanol–water partition coefficient (Wildman–Crippen LogP) is 6.32. The first-order chi connectivity index (χ1) is 20.3. The lowest BCUT2D eigenvalue weighted by Gasteiger charge is -2.18. The number of likely N-dealkylation sites (N-methyl/N-ethyl adjacent to an activating group) is 1. The number of rotatable bonds is 19. The molecular weight excluding hydrogens is 534 g/mol. The largest absolute Gasteiger partial charge is 0.504 e. The highest BCUT2D eigenvalue weighted by molar-refractivity contribution is 5.93. The van der Waals surface area contributed by atoms with Crippen molar-refractivity contribution in [3.8, 4) is 17.2 Å². The second-order valence-electron chi connectivity index (χ2n) is 10.1. The van der Waals surface area contributed by atoms with Gasteiger partial charge in [-0.15, -0.1) is 0 Å². The number of anilines is 1. The van der Waals surface area contributed by atoms with Crippen molar-refractivity contribution in [3.05, 3.63) is 47.5 Å². The van der Waals surface area contributed by atoms with Crippen LogP contribution in [-0.4, -0.2) is 61.8 Å². The summed E-state index contributed by atoms with van der Waals surface area (Å²) in [6, 6.07) is 10.1. The molecule has 2 aromatic carbocycles. The molecule has 9 nitrogen and oxygen atoms in total. The van der Waals surface area contributed by atoms with E-state index in [2.05, 4.69) is 31.0 Å². The highest BCUT2D eigenvalue weighted by Crippen LogP contribution is 2.26. The van der Waals surface area contributed by atoms with Crippen LogP contribution in [0.15, 0.2) is 36.4 Å². The topological polar surface area (TPSA) is 123 Å². The van der Waals surface area contributed by atoms with Gasteiger partial charge in [0, 0.05) is 31.3 Å². The number of methoxy groups -OCH3 is 1. The Kier molecular flexibility index (Phi) is 19.3. The van der Waals surface area contributed by atoms with Crippen LogP contribution in [0.2, 0.25) is 0 Å². The van der Waals surface area contributed by atoms with Crippen LogP contribution in [0.1, 0.15) is 95.0 Å². The number of phenols is 1. The fourth-order valence-corrected chi connectivity index (χ4v) is 4.11. The molecule has 0 saturated heterocycles. The normalized spacial score (nSPS) is 10.5. The molecule has 0 aromatic heterocycles. The zero-order chi connectivity index (χ0) is 31.2. The van der Waals surface area contributed by atoms with Crippen molar-refractivity contribution in [1.82, 2.24) is 10.2 Å². The van der Waals surface area contributed by atoms with Crippen LogP contribution >= 0.6 is 0 Å². The Bertz CT molecular complexity index is 1040. The van der Waals surface area contributed by atoms with Gasteiger partial charge in [0.2, 0.25) is 5.91 Å². The van der Waals surface area contributed by atoms with E-state index >= 15 is 0 Å². The Hall–Kier alpha value is -3.46. The molecule has 4 N–H and O–H groups in total. The number of benzene rings is 2. The monoisotopic (exact) mass is 587 g/mol. The lowest BCUT2D eigenvalue weighted by Crippen LogP contribution is -2.28. The van der Waals surface area contributed by atoms with Gasteiger partial charge < -0.3 is 35.3 Å². The van der Waals surface area contributed by atoms with Crippen molar-refractivity contribution in [2.24, 2.45) is 0 Å². The molecule has 236 valence electrons. The first-order valence-corrected chi connectivity index (χ1v) is 15.3. The molecule has 0 saturated carbocycles. The summed E-state index contributed by atoms with van der Waals surface area (Å²) >= 11 is 0. The Morgan fingerprint density at radius 1 is 0.881 bits per heavy atom. The number of hydrogen-bond acceptors (Lipinski definition) is 8. The number of hydrogen-bond donors (Lipinski definition) is 3. The molecule has 0 spiro atoms. The molecule has 0 aliphatic rings. The number of nitrogens with zero attached hydrogens (tertiary/aromatic N) is 1. The number of ether oxygens (including phenoxy) is 3. The summed E-state index contributed by atoms with van der Waals surface area (Å²) in [6.45, 7) is 12.4. The molecule has 2 rings (SSSR count). The number of nitrogen functional groups attached to an aromatic ring is 1. The quantitative estimate of drug-likeness (QED) is 0.0991. The van der Waals surface area contributed by atoms with Crippen molar-refractivity contribution < 1.29 is 28.9 Å². The van der Waals surface area contributed by atoms with Crippen molar-refractivity contribution in [1.29, 1.82) is 0 Å². The number of carbonyl (C=O) groups excluding carboxylic acids is 2. The maximum atomic E-state index is 12.1. The molecule has 0 heterocycles. The summed E-state index contributed by atoms with van der Waals surface area (Å²) < 4.78 is 15.9. The molecule has 9 heteroatoms. The molecule has 42 heavy (non-hydrogen) atoms. The van der Waals surface area contributed by atoms with E-state index in [4.69, 9.17) is 19.9 Å². The van der Waals surface area contributed by atoms with Gasteiger partial charge in [-0.1, -0.05) is 65.9 Å². The molecular formula is C33H53N3O6. The average Bonchev–Trinajstić information content (AvgIpc) is 2.99. The molecule has 0 bridgehead atoms. The molecule has 0 aliphatic carbocycles. The van der Waals surface area contributed by atoms with Crippen LogP contribution in [0, 0.1) is 0 Å². The van der Waals surface area contributed by atoms with Gasteiger partial charge in [0.25, 0.3) is 0 Å². The van der Waals surface area contributed by atoms with Crippen LogP contribution in [0.4, 0.5) is 5.69 Å². The highest BCUT2D eigenvalue weighted by atomic mass is 16.5. The van der Waals surface area contributed by atoms with Gasteiger partial charge in [-0.2, -0.15) is 0 Å². The second kappa shape index (κ2) is 22.2. The third kappa shape index (κ3) is 15.0. The third-order valence-electron chi connectivity index (χ3n) is 6.71. The summed E-state index contributed by atoms with van der Waals surface area (Å²) in [5.74, 6) is 0.743.